The van der Waals surface area contributed by atoms with Crippen LogP contribution in [0.5, 0.6) is 0 Å². The lowest BCUT2D eigenvalue weighted by Crippen LogP contribution is -2.52. The SMILES string of the molecule is C=CC[C@H](Br)[C@H]1CCOC(=O)N1S(=O)(=O)c1ccc(C)cc1. The van der Waals surface area contributed by atoms with Crippen molar-refractivity contribution in [1.82, 2.24) is 4.31 Å². The van der Waals surface area contributed by atoms with Gasteiger partial charge in [-0.3, -0.25) is 0 Å². The van der Waals surface area contributed by atoms with Crippen molar-refractivity contribution < 1.29 is 17.9 Å². The molecule has 1 fully saturated rings. The van der Waals surface area contributed by atoms with Gasteiger partial charge < -0.3 is 4.74 Å². The van der Waals surface area contributed by atoms with E-state index in [1.807, 2.05) is 6.92 Å². The minimum absolute atomic E-state index is 0.0836. The molecule has 0 spiro atoms. The van der Waals surface area contributed by atoms with Gasteiger partial charge in [-0.2, -0.15) is 4.31 Å². The lowest BCUT2D eigenvalue weighted by Gasteiger charge is -2.36. The third-order valence-corrected chi connectivity index (χ3v) is 6.30. The predicted molar refractivity (Wildman–Crippen MR) is 87.5 cm³/mol. The van der Waals surface area contributed by atoms with Crippen molar-refractivity contribution in [2.45, 2.75) is 35.5 Å². The Kier molecular flexibility index (Phi) is 5.28. The van der Waals surface area contributed by atoms with Crippen LogP contribution >= 0.6 is 15.9 Å². The predicted octanol–water partition coefficient (Wildman–Crippen LogP) is 3.23. The van der Waals surface area contributed by atoms with Gasteiger partial charge in [0.1, 0.15) is 0 Å². The van der Waals surface area contributed by atoms with Crippen molar-refractivity contribution in [3.63, 3.8) is 0 Å². The molecule has 1 aromatic rings. The summed E-state index contributed by atoms with van der Waals surface area (Å²) in [6.45, 7) is 5.73. The van der Waals surface area contributed by atoms with Crippen molar-refractivity contribution in [3.8, 4) is 0 Å². The van der Waals surface area contributed by atoms with E-state index in [2.05, 4.69) is 22.5 Å². The quantitative estimate of drug-likeness (QED) is 0.574. The van der Waals surface area contributed by atoms with Gasteiger partial charge in [0.15, 0.2) is 0 Å². The van der Waals surface area contributed by atoms with Crippen molar-refractivity contribution in [1.29, 1.82) is 0 Å². The summed E-state index contributed by atoms with van der Waals surface area (Å²) >= 11 is 3.46. The van der Waals surface area contributed by atoms with E-state index in [9.17, 15) is 13.2 Å². The summed E-state index contributed by atoms with van der Waals surface area (Å²) in [6, 6.07) is 5.91. The molecule has 0 unspecified atom stereocenters. The molecular formula is C15H18BrNO4S. The number of carbonyl (C=O) groups is 1. The van der Waals surface area contributed by atoms with Gasteiger partial charge in [0.2, 0.25) is 0 Å². The number of sulfonamides is 1. The van der Waals surface area contributed by atoms with E-state index in [4.69, 9.17) is 4.74 Å². The number of rotatable bonds is 5. The molecule has 0 aliphatic carbocycles. The fraction of sp³-hybridized carbons (Fsp3) is 0.400. The molecule has 1 aliphatic rings. The van der Waals surface area contributed by atoms with E-state index in [0.717, 1.165) is 9.87 Å². The van der Waals surface area contributed by atoms with Gasteiger partial charge in [-0.25, -0.2) is 13.2 Å². The van der Waals surface area contributed by atoms with Gasteiger partial charge in [-0.05, 0) is 25.5 Å². The highest BCUT2D eigenvalue weighted by atomic mass is 79.9. The second-order valence-corrected chi connectivity index (χ2v) is 8.12. The average molecular weight is 388 g/mol. The highest BCUT2D eigenvalue weighted by Crippen LogP contribution is 2.29. The molecular weight excluding hydrogens is 370 g/mol. The number of hydrogen-bond acceptors (Lipinski definition) is 4. The number of allylic oxidation sites excluding steroid dienone is 1. The number of nitrogens with zero attached hydrogens (tertiary/aromatic N) is 1. The van der Waals surface area contributed by atoms with E-state index in [0.29, 0.717) is 12.8 Å². The summed E-state index contributed by atoms with van der Waals surface area (Å²) in [4.78, 5) is 12.0. The van der Waals surface area contributed by atoms with E-state index in [1.165, 1.54) is 12.1 Å². The molecule has 22 heavy (non-hydrogen) atoms. The molecule has 2 rings (SSSR count). The van der Waals surface area contributed by atoms with Gasteiger partial charge in [-0.15, -0.1) is 6.58 Å². The standard InChI is InChI=1S/C15H18BrNO4S/c1-3-4-13(16)14-9-10-21-15(18)17(14)22(19,20)12-7-5-11(2)6-8-12/h3,5-8,13-14H,1,4,9-10H2,2H3/t13-,14+/m0/s1. The van der Waals surface area contributed by atoms with Crippen LogP contribution in [0.15, 0.2) is 41.8 Å². The molecule has 0 aromatic heterocycles. The van der Waals surface area contributed by atoms with Gasteiger partial charge in [0.25, 0.3) is 10.0 Å². The lowest BCUT2D eigenvalue weighted by molar-refractivity contribution is 0.0789. The second-order valence-electron chi connectivity index (χ2n) is 5.12. The fourth-order valence-electron chi connectivity index (χ4n) is 2.33. The van der Waals surface area contributed by atoms with Crippen LogP contribution in [-0.4, -0.2) is 36.3 Å². The number of hydrogen-bond donors (Lipinski definition) is 0. The Morgan fingerprint density at radius 3 is 2.68 bits per heavy atom. The number of amides is 1. The zero-order valence-electron chi connectivity index (χ0n) is 12.2. The molecule has 1 aliphatic heterocycles. The Morgan fingerprint density at radius 1 is 1.45 bits per heavy atom. The molecule has 5 nitrogen and oxygen atoms in total. The molecule has 0 radical (unpaired) electrons. The number of carbonyl (C=O) groups excluding carboxylic acids is 1. The third kappa shape index (κ3) is 3.35. The number of ether oxygens (including phenoxy) is 1. The van der Waals surface area contributed by atoms with Crippen molar-refractivity contribution in [2.75, 3.05) is 6.61 Å². The Labute approximate surface area is 139 Å². The lowest BCUT2D eigenvalue weighted by atomic mass is 10.1. The average Bonchev–Trinajstić information content (AvgIpc) is 2.47. The van der Waals surface area contributed by atoms with Crippen LogP contribution in [0.1, 0.15) is 18.4 Å². The fourth-order valence-corrected chi connectivity index (χ4v) is 4.81. The molecule has 1 amide bonds. The Hall–Kier alpha value is -1.34. The first-order valence-electron chi connectivity index (χ1n) is 6.90. The molecule has 120 valence electrons. The maximum absolute atomic E-state index is 12.8. The van der Waals surface area contributed by atoms with Gasteiger partial charge >= 0.3 is 6.09 Å². The van der Waals surface area contributed by atoms with Crippen LogP contribution < -0.4 is 0 Å². The smallest absolute Gasteiger partial charge is 0.424 e. The van der Waals surface area contributed by atoms with E-state index < -0.39 is 22.2 Å². The van der Waals surface area contributed by atoms with E-state index in [-0.39, 0.29) is 16.3 Å². The van der Waals surface area contributed by atoms with Crippen LogP contribution in [0.25, 0.3) is 0 Å². The summed E-state index contributed by atoms with van der Waals surface area (Å²) in [6.07, 6.45) is 1.86. The zero-order chi connectivity index (χ0) is 16.3. The van der Waals surface area contributed by atoms with Crippen molar-refractivity contribution in [2.24, 2.45) is 0 Å². The summed E-state index contributed by atoms with van der Waals surface area (Å²) < 4.78 is 31.4. The molecule has 0 N–H and O–H groups in total. The van der Waals surface area contributed by atoms with Crippen LogP contribution in [-0.2, 0) is 14.8 Å². The topological polar surface area (TPSA) is 63.7 Å². The van der Waals surface area contributed by atoms with Gasteiger partial charge in [0.05, 0.1) is 17.5 Å². The number of halogens is 1. The van der Waals surface area contributed by atoms with Gasteiger partial charge in [-0.1, -0.05) is 39.7 Å². The Morgan fingerprint density at radius 2 is 2.09 bits per heavy atom. The summed E-state index contributed by atoms with van der Waals surface area (Å²) in [7, 11) is -3.95. The van der Waals surface area contributed by atoms with Crippen LogP contribution in [0.3, 0.4) is 0 Å². The first kappa shape index (κ1) is 17.0. The number of benzene rings is 1. The molecule has 1 aromatic carbocycles. The maximum Gasteiger partial charge on any atom is 0.424 e. The number of aryl methyl sites for hydroxylation is 1. The first-order valence-corrected chi connectivity index (χ1v) is 9.26. The Balaban J connectivity index is 2.41. The third-order valence-electron chi connectivity index (χ3n) is 3.51. The van der Waals surface area contributed by atoms with E-state index in [1.54, 1.807) is 18.2 Å². The molecule has 0 bridgehead atoms. The largest absolute Gasteiger partial charge is 0.449 e. The molecule has 1 heterocycles. The molecule has 2 atom stereocenters. The van der Waals surface area contributed by atoms with Gasteiger partial charge in [0, 0.05) is 11.2 Å². The molecule has 0 saturated carbocycles. The minimum atomic E-state index is -3.95. The molecule has 7 heteroatoms. The maximum atomic E-state index is 12.8. The highest BCUT2D eigenvalue weighted by Gasteiger charge is 2.42. The summed E-state index contributed by atoms with van der Waals surface area (Å²) in [5, 5.41) is 0. The number of alkyl halides is 1. The first-order chi connectivity index (χ1) is 10.4. The summed E-state index contributed by atoms with van der Waals surface area (Å²) in [5.41, 5.74) is 0.946. The van der Waals surface area contributed by atoms with Crippen LogP contribution in [0.4, 0.5) is 4.79 Å². The van der Waals surface area contributed by atoms with Crippen molar-refractivity contribution in [3.05, 3.63) is 42.5 Å². The summed E-state index contributed by atoms with van der Waals surface area (Å²) in [5.74, 6) is 0. The highest BCUT2D eigenvalue weighted by molar-refractivity contribution is 9.09. The second kappa shape index (κ2) is 6.83. The van der Waals surface area contributed by atoms with Crippen molar-refractivity contribution >= 4 is 32.0 Å². The van der Waals surface area contributed by atoms with E-state index >= 15 is 0 Å². The van der Waals surface area contributed by atoms with Crippen LogP contribution in [0, 0.1) is 6.92 Å². The normalized spacial score (nSPS) is 20.4. The number of cyclic esters (lactones) is 1. The molecule has 1 saturated heterocycles. The van der Waals surface area contributed by atoms with Crippen LogP contribution in [0.2, 0.25) is 0 Å². The minimum Gasteiger partial charge on any atom is -0.449 e. The Bertz CT molecular complexity index is 657. The zero-order valence-corrected chi connectivity index (χ0v) is 14.6. The monoisotopic (exact) mass is 387 g/mol.